The van der Waals surface area contributed by atoms with Crippen molar-refractivity contribution in [3.8, 4) is 6.07 Å². The zero-order valence-electron chi connectivity index (χ0n) is 15.5. The van der Waals surface area contributed by atoms with Gasteiger partial charge in [-0.05, 0) is 42.1 Å². The predicted molar refractivity (Wildman–Crippen MR) is 108 cm³/mol. The second kappa shape index (κ2) is 10.2. The maximum atomic E-state index is 10.7. The van der Waals surface area contributed by atoms with Crippen LogP contribution >= 0.6 is 0 Å². The molecule has 1 unspecified atom stereocenters. The lowest BCUT2D eigenvalue weighted by molar-refractivity contribution is -0.136. The fourth-order valence-corrected chi connectivity index (χ4v) is 2.83. The van der Waals surface area contributed by atoms with Gasteiger partial charge in [0.05, 0.1) is 23.4 Å². The summed E-state index contributed by atoms with van der Waals surface area (Å²) in [4.78, 5) is 10.7. The van der Waals surface area contributed by atoms with E-state index in [4.69, 9.17) is 16.1 Å². The van der Waals surface area contributed by atoms with Crippen LogP contribution < -0.4 is 16.4 Å². The summed E-state index contributed by atoms with van der Waals surface area (Å²) < 4.78 is 0. The normalized spacial score (nSPS) is 11.6. The molecular formula is C21H26N4O2. The Morgan fingerprint density at radius 1 is 1.22 bits per heavy atom. The van der Waals surface area contributed by atoms with E-state index in [9.17, 15) is 4.79 Å². The highest BCUT2D eigenvalue weighted by Crippen LogP contribution is 2.21. The summed E-state index contributed by atoms with van der Waals surface area (Å²) in [7, 11) is 0. The average molecular weight is 366 g/mol. The van der Waals surface area contributed by atoms with Crippen molar-refractivity contribution in [2.24, 2.45) is 0 Å². The van der Waals surface area contributed by atoms with Crippen molar-refractivity contribution in [2.45, 2.75) is 25.7 Å². The van der Waals surface area contributed by atoms with Crippen LogP contribution in [0.1, 0.15) is 36.0 Å². The maximum absolute atomic E-state index is 10.7. The SMILES string of the molecule is CC(CNCCCNc1cccc(C#N)c1N)c1ccc(CC(=O)O)cc1. The minimum absolute atomic E-state index is 0.0572. The lowest BCUT2D eigenvalue weighted by Crippen LogP contribution is -2.23. The lowest BCUT2D eigenvalue weighted by atomic mass is 9.99. The quantitative estimate of drug-likeness (QED) is 0.380. The molecule has 0 bridgehead atoms. The zero-order chi connectivity index (χ0) is 19.6. The van der Waals surface area contributed by atoms with E-state index in [1.54, 1.807) is 6.07 Å². The summed E-state index contributed by atoms with van der Waals surface area (Å²) in [6.45, 7) is 4.63. The number of hydrogen-bond donors (Lipinski definition) is 4. The predicted octanol–water partition coefficient (Wildman–Crippen LogP) is 2.96. The van der Waals surface area contributed by atoms with Gasteiger partial charge in [0.15, 0.2) is 0 Å². The highest BCUT2D eigenvalue weighted by Gasteiger charge is 2.07. The highest BCUT2D eigenvalue weighted by molar-refractivity contribution is 5.72. The van der Waals surface area contributed by atoms with Crippen molar-refractivity contribution in [2.75, 3.05) is 30.7 Å². The van der Waals surface area contributed by atoms with Crippen LogP contribution in [0, 0.1) is 11.3 Å². The fraction of sp³-hybridized carbons (Fsp3) is 0.333. The molecule has 2 aromatic carbocycles. The van der Waals surface area contributed by atoms with Crippen LogP contribution in [0.5, 0.6) is 0 Å². The van der Waals surface area contributed by atoms with E-state index in [0.29, 0.717) is 17.2 Å². The Balaban J connectivity index is 1.68. The molecule has 0 saturated heterocycles. The molecule has 0 aliphatic carbocycles. The van der Waals surface area contributed by atoms with Gasteiger partial charge in [0.1, 0.15) is 6.07 Å². The van der Waals surface area contributed by atoms with Crippen LogP contribution in [-0.2, 0) is 11.2 Å². The minimum atomic E-state index is -0.813. The first-order valence-electron chi connectivity index (χ1n) is 9.05. The van der Waals surface area contributed by atoms with Crippen LogP contribution in [0.3, 0.4) is 0 Å². The summed E-state index contributed by atoms with van der Waals surface area (Å²) in [5.41, 5.74) is 9.73. The first-order chi connectivity index (χ1) is 13.0. The van der Waals surface area contributed by atoms with Crippen molar-refractivity contribution < 1.29 is 9.90 Å². The van der Waals surface area contributed by atoms with E-state index < -0.39 is 5.97 Å². The Labute approximate surface area is 160 Å². The number of aliphatic carboxylic acids is 1. The molecule has 0 heterocycles. The summed E-state index contributed by atoms with van der Waals surface area (Å²) in [5.74, 6) is -0.466. The molecule has 2 aromatic rings. The molecule has 5 N–H and O–H groups in total. The number of anilines is 2. The smallest absolute Gasteiger partial charge is 0.307 e. The van der Waals surface area contributed by atoms with E-state index in [-0.39, 0.29) is 6.42 Å². The number of benzene rings is 2. The number of hydrogen-bond acceptors (Lipinski definition) is 5. The van der Waals surface area contributed by atoms with E-state index in [2.05, 4.69) is 23.6 Å². The summed E-state index contributed by atoms with van der Waals surface area (Å²) in [5, 5.41) is 24.5. The molecule has 0 aliphatic heterocycles. The largest absolute Gasteiger partial charge is 0.481 e. The van der Waals surface area contributed by atoms with Crippen molar-refractivity contribution in [3.63, 3.8) is 0 Å². The van der Waals surface area contributed by atoms with Crippen molar-refractivity contribution in [1.82, 2.24) is 5.32 Å². The second-order valence-corrected chi connectivity index (χ2v) is 6.58. The molecule has 2 rings (SSSR count). The van der Waals surface area contributed by atoms with Crippen LogP contribution in [0.2, 0.25) is 0 Å². The van der Waals surface area contributed by atoms with Gasteiger partial charge in [-0.15, -0.1) is 0 Å². The average Bonchev–Trinajstić information content (AvgIpc) is 2.65. The number of carbonyl (C=O) groups is 1. The topological polar surface area (TPSA) is 111 Å². The Bertz CT molecular complexity index is 797. The van der Waals surface area contributed by atoms with E-state index >= 15 is 0 Å². The number of nitriles is 1. The number of nitrogens with zero attached hydrogens (tertiary/aromatic N) is 1. The Morgan fingerprint density at radius 2 is 1.96 bits per heavy atom. The second-order valence-electron chi connectivity index (χ2n) is 6.58. The van der Waals surface area contributed by atoms with Crippen LogP contribution in [-0.4, -0.2) is 30.7 Å². The van der Waals surface area contributed by atoms with Crippen LogP contribution in [0.15, 0.2) is 42.5 Å². The molecule has 0 aliphatic rings. The van der Waals surface area contributed by atoms with Gasteiger partial charge in [-0.3, -0.25) is 4.79 Å². The first kappa shape index (κ1) is 20.3. The van der Waals surface area contributed by atoms with Gasteiger partial charge < -0.3 is 21.5 Å². The molecule has 1 atom stereocenters. The summed E-state index contributed by atoms with van der Waals surface area (Å²) in [6, 6.07) is 15.2. The molecule has 0 amide bonds. The zero-order valence-corrected chi connectivity index (χ0v) is 15.5. The van der Waals surface area contributed by atoms with E-state index in [1.807, 2.05) is 36.4 Å². The molecule has 0 saturated carbocycles. The molecule has 6 nitrogen and oxygen atoms in total. The Hall–Kier alpha value is -3.04. The lowest BCUT2D eigenvalue weighted by Gasteiger charge is -2.14. The standard InChI is InChI=1S/C21H26N4O2/c1-15(17-8-6-16(7-9-17)12-20(26)27)14-24-10-3-11-25-19-5-2-4-18(13-22)21(19)23/h2,4-9,15,24-25H,3,10-12,14,23H2,1H3,(H,26,27). The van der Waals surface area contributed by atoms with Gasteiger partial charge in [0, 0.05) is 13.1 Å². The summed E-state index contributed by atoms with van der Waals surface area (Å²) >= 11 is 0. The Kier molecular flexibility index (Phi) is 7.65. The molecule has 0 spiro atoms. The van der Waals surface area contributed by atoms with Gasteiger partial charge >= 0.3 is 5.97 Å². The molecule has 0 radical (unpaired) electrons. The molecule has 0 fully saturated rings. The number of nitrogens with one attached hydrogen (secondary N) is 2. The van der Waals surface area contributed by atoms with Crippen LogP contribution in [0.4, 0.5) is 11.4 Å². The molecule has 142 valence electrons. The number of carboxylic acids is 1. The monoisotopic (exact) mass is 366 g/mol. The van der Waals surface area contributed by atoms with E-state index in [0.717, 1.165) is 37.3 Å². The van der Waals surface area contributed by atoms with Gasteiger partial charge in [0.2, 0.25) is 0 Å². The van der Waals surface area contributed by atoms with Gasteiger partial charge in [-0.2, -0.15) is 5.26 Å². The van der Waals surface area contributed by atoms with Gasteiger partial charge in [0.25, 0.3) is 0 Å². The van der Waals surface area contributed by atoms with Gasteiger partial charge in [-0.25, -0.2) is 0 Å². The third-order valence-electron chi connectivity index (χ3n) is 4.43. The minimum Gasteiger partial charge on any atom is -0.481 e. The maximum Gasteiger partial charge on any atom is 0.307 e. The molecule has 27 heavy (non-hydrogen) atoms. The first-order valence-corrected chi connectivity index (χ1v) is 9.05. The third kappa shape index (κ3) is 6.32. The molecule has 0 aromatic heterocycles. The highest BCUT2D eigenvalue weighted by atomic mass is 16.4. The number of para-hydroxylation sites is 1. The van der Waals surface area contributed by atoms with Crippen molar-refractivity contribution >= 4 is 17.3 Å². The number of carboxylic acid groups (broad SMARTS) is 1. The fourth-order valence-electron chi connectivity index (χ4n) is 2.83. The molecular weight excluding hydrogens is 340 g/mol. The van der Waals surface area contributed by atoms with Crippen LogP contribution in [0.25, 0.3) is 0 Å². The van der Waals surface area contributed by atoms with Crippen molar-refractivity contribution in [3.05, 3.63) is 59.2 Å². The molecule has 6 heteroatoms. The number of rotatable bonds is 10. The van der Waals surface area contributed by atoms with Gasteiger partial charge in [-0.1, -0.05) is 37.3 Å². The third-order valence-corrected chi connectivity index (χ3v) is 4.43. The number of nitrogen functional groups attached to an aromatic ring is 1. The summed E-state index contributed by atoms with van der Waals surface area (Å²) in [6.07, 6.45) is 0.988. The Morgan fingerprint density at radius 3 is 2.63 bits per heavy atom. The number of nitrogens with two attached hydrogens (primary N) is 1. The van der Waals surface area contributed by atoms with Crippen molar-refractivity contribution in [1.29, 1.82) is 5.26 Å². The van der Waals surface area contributed by atoms with E-state index in [1.165, 1.54) is 5.56 Å².